The van der Waals surface area contributed by atoms with Gasteiger partial charge in [-0.3, -0.25) is 0 Å². The molecule has 1 aliphatic rings. The predicted octanol–water partition coefficient (Wildman–Crippen LogP) is 3.61. The van der Waals surface area contributed by atoms with Gasteiger partial charge in [-0.2, -0.15) is 0 Å². The highest BCUT2D eigenvalue weighted by Crippen LogP contribution is 2.29. The van der Waals surface area contributed by atoms with E-state index in [1.165, 1.54) is 11.3 Å². The van der Waals surface area contributed by atoms with Gasteiger partial charge in [0.1, 0.15) is 5.75 Å². The maximum absolute atomic E-state index is 5.37. The van der Waals surface area contributed by atoms with E-state index in [0.717, 1.165) is 29.9 Å². The Bertz CT molecular complexity index is 603. The van der Waals surface area contributed by atoms with E-state index >= 15 is 0 Å². The molecule has 2 aromatic rings. The number of nitrogens with one attached hydrogen (secondary N) is 1. The van der Waals surface area contributed by atoms with Crippen LogP contribution in [-0.4, -0.2) is 26.7 Å². The smallest absolute Gasteiger partial charge is 0.122 e. The first-order chi connectivity index (χ1) is 10.3. The van der Waals surface area contributed by atoms with E-state index in [4.69, 9.17) is 4.74 Å². The number of halogens is 1. The van der Waals surface area contributed by atoms with E-state index in [0.29, 0.717) is 6.04 Å². The minimum absolute atomic E-state index is 0.366. The standard InChI is InChI=1S/C17H19BrN2O/c1-21-16-10-14(18)9-15(11-16)20-8-7-19-17(12-20)13-5-3-2-4-6-13/h2-6,9-11,17,19H,7-8,12H2,1H3. The van der Waals surface area contributed by atoms with Gasteiger partial charge in [0.05, 0.1) is 7.11 Å². The molecule has 110 valence electrons. The normalized spacial score (nSPS) is 18.6. The lowest BCUT2D eigenvalue weighted by atomic mass is 10.0. The first-order valence-corrected chi connectivity index (χ1v) is 7.93. The fraction of sp³-hybridized carbons (Fsp3) is 0.294. The number of ether oxygens (including phenoxy) is 1. The van der Waals surface area contributed by atoms with Gasteiger partial charge in [-0.25, -0.2) is 0 Å². The van der Waals surface area contributed by atoms with Crippen molar-refractivity contribution in [1.29, 1.82) is 0 Å². The van der Waals surface area contributed by atoms with Crippen molar-refractivity contribution in [2.45, 2.75) is 6.04 Å². The van der Waals surface area contributed by atoms with Gasteiger partial charge in [0.2, 0.25) is 0 Å². The lowest BCUT2D eigenvalue weighted by Gasteiger charge is -2.35. The van der Waals surface area contributed by atoms with Gasteiger partial charge in [0.25, 0.3) is 0 Å². The van der Waals surface area contributed by atoms with Crippen LogP contribution in [0.4, 0.5) is 5.69 Å². The molecule has 0 aromatic heterocycles. The van der Waals surface area contributed by atoms with Crippen LogP contribution < -0.4 is 15.0 Å². The number of rotatable bonds is 3. The summed E-state index contributed by atoms with van der Waals surface area (Å²) in [6, 6.07) is 17.2. The summed E-state index contributed by atoms with van der Waals surface area (Å²) in [4.78, 5) is 2.40. The van der Waals surface area contributed by atoms with Crippen LogP contribution in [0.25, 0.3) is 0 Å². The summed E-state index contributed by atoms with van der Waals surface area (Å²) in [5, 5.41) is 3.59. The van der Waals surface area contributed by atoms with Crippen molar-refractivity contribution in [3.8, 4) is 5.75 Å². The van der Waals surface area contributed by atoms with Crippen LogP contribution in [0.15, 0.2) is 53.0 Å². The second-order valence-corrected chi connectivity index (χ2v) is 6.13. The summed E-state index contributed by atoms with van der Waals surface area (Å²) < 4.78 is 6.41. The molecule has 1 aliphatic heterocycles. The Hall–Kier alpha value is -1.52. The van der Waals surface area contributed by atoms with E-state index in [-0.39, 0.29) is 0 Å². The number of methoxy groups -OCH3 is 1. The van der Waals surface area contributed by atoms with Crippen molar-refractivity contribution >= 4 is 21.6 Å². The van der Waals surface area contributed by atoms with Gasteiger partial charge < -0.3 is 15.0 Å². The van der Waals surface area contributed by atoms with Crippen LogP contribution in [-0.2, 0) is 0 Å². The molecule has 0 bridgehead atoms. The number of benzene rings is 2. The molecule has 0 spiro atoms. The summed E-state index contributed by atoms with van der Waals surface area (Å²) in [5.74, 6) is 0.883. The summed E-state index contributed by atoms with van der Waals surface area (Å²) in [5.41, 5.74) is 2.54. The van der Waals surface area contributed by atoms with Gasteiger partial charge in [0, 0.05) is 41.9 Å². The first-order valence-electron chi connectivity index (χ1n) is 7.14. The molecule has 2 aromatic carbocycles. The lowest BCUT2D eigenvalue weighted by molar-refractivity contribution is 0.414. The maximum Gasteiger partial charge on any atom is 0.122 e. The van der Waals surface area contributed by atoms with E-state index in [9.17, 15) is 0 Å². The number of piperazine rings is 1. The van der Waals surface area contributed by atoms with Crippen molar-refractivity contribution in [1.82, 2.24) is 5.32 Å². The quantitative estimate of drug-likeness (QED) is 0.918. The minimum atomic E-state index is 0.366. The highest BCUT2D eigenvalue weighted by atomic mass is 79.9. The van der Waals surface area contributed by atoms with Gasteiger partial charge in [-0.15, -0.1) is 0 Å². The summed E-state index contributed by atoms with van der Waals surface area (Å²) in [6.45, 7) is 2.95. The second-order valence-electron chi connectivity index (χ2n) is 5.21. The number of anilines is 1. The molecule has 1 N–H and O–H groups in total. The summed E-state index contributed by atoms with van der Waals surface area (Å²) >= 11 is 3.56. The number of hydrogen-bond acceptors (Lipinski definition) is 3. The van der Waals surface area contributed by atoms with Crippen LogP contribution in [0.1, 0.15) is 11.6 Å². The molecule has 0 radical (unpaired) electrons. The van der Waals surface area contributed by atoms with Crippen LogP contribution in [0.5, 0.6) is 5.75 Å². The fourth-order valence-corrected chi connectivity index (χ4v) is 3.20. The Labute approximate surface area is 134 Å². The van der Waals surface area contributed by atoms with Crippen LogP contribution in [0.2, 0.25) is 0 Å². The fourth-order valence-electron chi connectivity index (χ4n) is 2.74. The minimum Gasteiger partial charge on any atom is -0.497 e. The molecule has 1 unspecified atom stereocenters. The van der Waals surface area contributed by atoms with Crippen LogP contribution in [0, 0.1) is 0 Å². The van der Waals surface area contributed by atoms with E-state index in [1.807, 2.05) is 6.07 Å². The molecule has 3 rings (SSSR count). The van der Waals surface area contributed by atoms with Crippen molar-refractivity contribution in [2.24, 2.45) is 0 Å². The summed E-state index contributed by atoms with van der Waals surface area (Å²) in [7, 11) is 1.70. The Balaban J connectivity index is 1.81. The highest BCUT2D eigenvalue weighted by Gasteiger charge is 2.21. The SMILES string of the molecule is COc1cc(Br)cc(N2CCNC(c3ccccc3)C2)c1. The molecule has 1 fully saturated rings. The van der Waals surface area contributed by atoms with E-state index < -0.39 is 0 Å². The second kappa shape index (κ2) is 6.50. The average Bonchev–Trinajstić information content (AvgIpc) is 2.55. The number of nitrogens with zero attached hydrogens (tertiary/aromatic N) is 1. The molecular weight excluding hydrogens is 328 g/mol. The third kappa shape index (κ3) is 3.39. The maximum atomic E-state index is 5.37. The Kier molecular flexibility index (Phi) is 4.46. The molecule has 0 saturated carbocycles. The van der Waals surface area contributed by atoms with Crippen molar-refractivity contribution in [2.75, 3.05) is 31.6 Å². The number of hydrogen-bond donors (Lipinski definition) is 1. The monoisotopic (exact) mass is 346 g/mol. The van der Waals surface area contributed by atoms with Crippen molar-refractivity contribution < 1.29 is 4.74 Å². The van der Waals surface area contributed by atoms with Gasteiger partial charge >= 0.3 is 0 Å². The largest absolute Gasteiger partial charge is 0.497 e. The Morgan fingerprint density at radius 3 is 2.76 bits per heavy atom. The van der Waals surface area contributed by atoms with Gasteiger partial charge in [0.15, 0.2) is 0 Å². The molecular formula is C17H19BrN2O. The van der Waals surface area contributed by atoms with Crippen LogP contribution in [0.3, 0.4) is 0 Å². The molecule has 1 heterocycles. The van der Waals surface area contributed by atoms with Crippen LogP contribution >= 0.6 is 15.9 Å². The van der Waals surface area contributed by atoms with E-state index in [2.05, 4.69) is 68.6 Å². The zero-order chi connectivity index (χ0) is 14.7. The molecule has 0 aliphatic carbocycles. The predicted molar refractivity (Wildman–Crippen MR) is 90.1 cm³/mol. The van der Waals surface area contributed by atoms with Crippen molar-refractivity contribution in [3.05, 3.63) is 58.6 Å². The van der Waals surface area contributed by atoms with E-state index in [1.54, 1.807) is 7.11 Å². The summed E-state index contributed by atoms with van der Waals surface area (Å²) in [6.07, 6.45) is 0. The molecule has 1 saturated heterocycles. The van der Waals surface area contributed by atoms with Gasteiger partial charge in [-0.05, 0) is 17.7 Å². The molecule has 4 heteroatoms. The third-order valence-electron chi connectivity index (χ3n) is 3.83. The Morgan fingerprint density at radius 1 is 1.19 bits per heavy atom. The molecule has 3 nitrogen and oxygen atoms in total. The third-order valence-corrected chi connectivity index (χ3v) is 4.29. The zero-order valence-corrected chi connectivity index (χ0v) is 13.6. The topological polar surface area (TPSA) is 24.5 Å². The highest BCUT2D eigenvalue weighted by molar-refractivity contribution is 9.10. The molecule has 21 heavy (non-hydrogen) atoms. The Morgan fingerprint density at radius 2 is 2.00 bits per heavy atom. The zero-order valence-electron chi connectivity index (χ0n) is 12.1. The van der Waals surface area contributed by atoms with Gasteiger partial charge in [-0.1, -0.05) is 46.3 Å². The molecule has 1 atom stereocenters. The average molecular weight is 347 g/mol. The van der Waals surface area contributed by atoms with Crippen molar-refractivity contribution in [3.63, 3.8) is 0 Å². The lowest BCUT2D eigenvalue weighted by Crippen LogP contribution is -2.45. The molecule has 0 amide bonds. The first kappa shape index (κ1) is 14.4.